The highest BCUT2D eigenvalue weighted by Gasteiger charge is 2.49. The fourth-order valence-corrected chi connectivity index (χ4v) is 2.06. The maximum absolute atomic E-state index is 11.4. The van der Waals surface area contributed by atoms with Crippen LogP contribution < -0.4 is 5.32 Å². The van der Waals surface area contributed by atoms with Crippen molar-refractivity contribution in [2.24, 2.45) is 5.41 Å². The second kappa shape index (κ2) is 2.21. The van der Waals surface area contributed by atoms with Crippen LogP contribution in [0.1, 0.15) is 12.8 Å². The smallest absolute Gasteiger partial charge is 0.228 e. The van der Waals surface area contributed by atoms with Crippen LogP contribution in [0.25, 0.3) is 0 Å². The predicted molar refractivity (Wildman–Crippen MR) is 42.3 cm³/mol. The highest BCUT2D eigenvalue weighted by molar-refractivity contribution is 5.93. The van der Waals surface area contributed by atoms with Crippen LogP contribution in [0.5, 0.6) is 0 Å². The number of likely N-dealkylation sites (tertiary alicyclic amines) is 1. The summed E-state index contributed by atoms with van der Waals surface area (Å²) in [5.74, 6) is 0.146. The lowest BCUT2D eigenvalue weighted by atomic mass is 9.85. The predicted octanol–water partition coefficient (Wildman–Crippen LogP) is -0.645. The van der Waals surface area contributed by atoms with Crippen molar-refractivity contribution in [3.8, 4) is 0 Å². The van der Waals surface area contributed by atoms with Crippen molar-refractivity contribution < 1.29 is 9.59 Å². The minimum atomic E-state index is -0.383. The molecule has 12 heavy (non-hydrogen) atoms. The number of rotatable bonds is 0. The van der Waals surface area contributed by atoms with E-state index in [0.29, 0.717) is 13.0 Å². The normalized spacial score (nSPS) is 34.9. The van der Waals surface area contributed by atoms with Gasteiger partial charge in [-0.25, -0.2) is 0 Å². The highest BCUT2D eigenvalue weighted by atomic mass is 16.2. The molecule has 4 nitrogen and oxygen atoms in total. The van der Waals surface area contributed by atoms with Crippen LogP contribution in [0.3, 0.4) is 0 Å². The Morgan fingerprint density at radius 2 is 2.25 bits per heavy atom. The zero-order valence-electron chi connectivity index (χ0n) is 7.09. The van der Waals surface area contributed by atoms with Crippen molar-refractivity contribution in [3.63, 3.8) is 0 Å². The average Bonchev–Trinajstić information content (AvgIpc) is 2.45. The van der Waals surface area contributed by atoms with Crippen molar-refractivity contribution in [2.45, 2.75) is 12.8 Å². The molecular weight excluding hydrogens is 156 g/mol. The Labute approximate surface area is 70.9 Å². The molecule has 0 aromatic heterocycles. The third kappa shape index (κ3) is 0.838. The quantitative estimate of drug-likeness (QED) is 0.523. The second-order valence-corrected chi connectivity index (χ2v) is 3.71. The fraction of sp³-hybridized carbons (Fsp3) is 0.750. The standard InChI is InChI=1S/C8H12N2O2/c1-10-5-8(4-6(10)11)2-3-9-7(8)12/h2-5H2,1H3,(H,9,12)/t8-/m0/s1. The number of nitrogens with zero attached hydrogens (tertiary/aromatic N) is 1. The molecule has 2 aliphatic heterocycles. The Morgan fingerprint density at radius 1 is 1.50 bits per heavy atom. The van der Waals surface area contributed by atoms with Gasteiger partial charge in [0.2, 0.25) is 11.8 Å². The van der Waals surface area contributed by atoms with E-state index in [1.807, 2.05) is 0 Å². The van der Waals surface area contributed by atoms with Gasteiger partial charge in [0.15, 0.2) is 0 Å². The molecule has 0 aromatic carbocycles. The molecule has 0 unspecified atom stereocenters. The number of hydrogen-bond acceptors (Lipinski definition) is 2. The van der Waals surface area contributed by atoms with Crippen LogP contribution in [0.15, 0.2) is 0 Å². The van der Waals surface area contributed by atoms with E-state index in [9.17, 15) is 9.59 Å². The van der Waals surface area contributed by atoms with E-state index in [-0.39, 0.29) is 17.2 Å². The van der Waals surface area contributed by atoms with Crippen LogP contribution in [0.4, 0.5) is 0 Å². The average molecular weight is 168 g/mol. The molecule has 2 fully saturated rings. The van der Waals surface area contributed by atoms with E-state index in [1.54, 1.807) is 11.9 Å². The van der Waals surface area contributed by atoms with Crippen molar-refractivity contribution in [3.05, 3.63) is 0 Å². The van der Waals surface area contributed by atoms with Crippen molar-refractivity contribution in [2.75, 3.05) is 20.1 Å². The molecule has 4 heteroatoms. The van der Waals surface area contributed by atoms with Gasteiger partial charge in [-0.1, -0.05) is 0 Å². The van der Waals surface area contributed by atoms with Crippen LogP contribution in [-0.2, 0) is 9.59 Å². The summed E-state index contributed by atoms with van der Waals surface area (Å²) in [6.07, 6.45) is 1.21. The summed E-state index contributed by atoms with van der Waals surface area (Å²) in [5, 5.41) is 2.78. The van der Waals surface area contributed by atoms with E-state index >= 15 is 0 Å². The molecule has 0 aromatic rings. The van der Waals surface area contributed by atoms with Crippen molar-refractivity contribution in [1.29, 1.82) is 0 Å². The van der Waals surface area contributed by atoms with E-state index in [4.69, 9.17) is 0 Å². The summed E-state index contributed by atoms with van der Waals surface area (Å²) in [5.41, 5.74) is -0.383. The van der Waals surface area contributed by atoms with Crippen LogP contribution >= 0.6 is 0 Å². The van der Waals surface area contributed by atoms with E-state index in [0.717, 1.165) is 13.0 Å². The minimum Gasteiger partial charge on any atom is -0.356 e. The molecule has 2 saturated heterocycles. The van der Waals surface area contributed by atoms with Gasteiger partial charge in [-0.2, -0.15) is 0 Å². The van der Waals surface area contributed by atoms with Gasteiger partial charge in [0.05, 0.1) is 5.41 Å². The first kappa shape index (κ1) is 7.58. The van der Waals surface area contributed by atoms with Gasteiger partial charge in [-0.15, -0.1) is 0 Å². The first-order valence-corrected chi connectivity index (χ1v) is 4.16. The van der Waals surface area contributed by atoms with Crippen molar-refractivity contribution in [1.82, 2.24) is 10.2 Å². The number of carbonyl (C=O) groups is 2. The third-order valence-corrected chi connectivity index (χ3v) is 2.83. The molecule has 66 valence electrons. The zero-order chi connectivity index (χ0) is 8.77. The van der Waals surface area contributed by atoms with Gasteiger partial charge < -0.3 is 10.2 Å². The molecule has 0 aliphatic carbocycles. The molecule has 1 atom stereocenters. The summed E-state index contributed by atoms with van der Waals surface area (Å²) in [6.45, 7) is 1.32. The Kier molecular flexibility index (Phi) is 1.40. The van der Waals surface area contributed by atoms with Gasteiger partial charge in [0.25, 0.3) is 0 Å². The lowest BCUT2D eigenvalue weighted by Crippen LogP contribution is -2.33. The van der Waals surface area contributed by atoms with Gasteiger partial charge in [0.1, 0.15) is 0 Å². The van der Waals surface area contributed by atoms with Gasteiger partial charge in [-0.05, 0) is 6.42 Å². The lowest BCUT2D eigenvalue weighted by molar-refractivity contribution is -0.129. The van der Waals surface area contributed by atoms with E-state index in [2.05, 4.69) is 5.32 Å². The molecule has 2 rings (SSSR count). The minimum absolute atomic E-state index is 0.0557. The van der Waals surface area contributed by atoms with Crippen LogP contribution in [-0.4, -0.2) is 36.9 Å². The monoisotopic (exact) mass is 168 g/mol. The number of carbonyl (C=O) groups excluding carboxylic acids is 2. The zero-order valence-corrected chi connectivity index (χ0v) is 7.09. The number of hydrogen-bond donors (Lipinski definition) is 1. The second-order valence-electron chi connectivity index (χ2n) is 3.71. The largest absolute Gasteiger partial charge is 0.356 e. The molecule has 0 saturated carbocycles. The molecule has 0 bridgehead atoms. The Balaban J connectivity index is 2.24. The van der Waals surface area contributed by atoms with Gasteiger partial charge in [0, 0.05) is 26.6 Å². The molecule has 2 heterocycles. The van der Waals surface area contributed by atoms with Crippen LogP contribution in [0.2, 0.25) is 0 Å². The molecule has 2 aliphatic rings. The first-order chi connectivity index (χ1) is 5.64. The maximum Gasteiger partial charge on any atom is 0.228 e. The number of amides is 2. The van der Waals surface area contributed by atoms with Crippen molar-refractivity contribution >= 4 is 11.8 Å². The Bertz CT molecular complexity index is 251. The topological polar surface area (TPSA) is 49.4 Å². The fourth-order valence-electron chi connectivity index (χ4n) is 2.06. The summed E-state index contributed by atoms with van der Waals surface area (Å²) in [6, 6.07) is 0. The number of nitrogens with one attached hydrogen (secondary N) is 1. The van der Waals surface area contributed by atoms with E-state index in [1.165, 1.54) is 0 Å². The van der Waals surface area contributed by atoms with Gasteiger partial charge >= 0.3 is 0 Å². The molecule has 1 N–H and O–H groups in total. The molecular formula is C8H12N2O2. The summed E-state index contributed by atoms with van der Waals surface area (Å²) >= 11 is 0. The molecule has 2 amide bonds. The summed E-state index contributed by atoms with van der Waals surface area (Å²) < 4.78 is 0. The third-order valence-electron chi connectivity index (χ3n) is 2.83. The van der Waals surface area contributed by atoms with Crippen LogP contribution in [0, 0.1) is 5.41 Å². The molecule has 0 radical (unpaired) electrons. The molecule has 1 spiro atoms. The Hall–Kier alpha value is -1.06. The van der Waals surface area contributed by atoms with E-state index < -0.39 is 0 Å². The summed E-state index contributed by atoms with van der Waals surface area (Å²) in [7, 11) is 1.75. The first-order valence-electron chi connectivity index (χ1n) is 4.16. The summed E-state index contributed by atoms with van der Waals surface area (Å²) in [4.78, 5) is 24.3. The Morgan fingerprint density at radius 3 is 2.67 bits per heavy atom. The lowest BCUT2D eigenvalue weighted by Gasteiger charge is -2.17. The van der Waals surface area contributed by atoms with Gasteiger partial charge in [-0.3, -0.25) is 9.59 Å². The highest BCUT2D eigenvalue weighted by Crippen LogP contribution is 2.36. The SMILES string of the molecule is CN1C[C@]2(CCNC2=O)CC1=O. The maximum atomic E-state index is 11.4.